The van der Waals surface area contributed by atoms with E-state index in [0.29, 0.717) is 13.0 Å². The molecule has 8 nitrogen and oxygen atoms in total. The number of carbonyl (C=O) groups is 1. The van der Waals surface area contributed by atoms with Crippen molar-refractivity contribution in [3.8, 4) is 0 Å². The molecule has 0 aliphatic rings. The Hall–Kier alpha value is -2.55. The maximum absolute atomic E-state index is 10.9. The van der Waals surface area contributed by atoms with Crippen molar-refractivity contribution >= 4 is 28.8 Å². The van der Waals surface area contributed by atoms with Gasteiger partial charge in [-0.3, -0.25) is 10.1 Å². The first-order chi connectivity index (χ1) is 9.58. The molecule has 2 aromatic rings. The lowest BCUT2D eigenvalue weighted by molar-refractivity contribution is -0.384. The van der Waals surface area contributed by atoms with Crippen LogP contribution in [0.4, 0.5) is 11.5 Å². The number of aromatic carboxylic acids is 1. The molecular weight excluding hydrogens is 284 g/mol. The van der Waals surface area contributed by atoms with Crippen molar-refractivity contribution in [3.63, 3.8) is 0 Å². The van der Waals surface area contributed by atoms with E-state index >= 15 is 0 Å². The number of carboxylic acids is 1. The van der Waals surface area contributed by atoms with Crippen molar-refractivity contribution in [2.24, 2.45) is 0 Å². The Balaban J connectivity index is 2.13. The lowest BCUT2D eigenvalue weighted by atomic mass is 10.3. The van der Waals surface area contributed by atoms with Crippen LogP contribution < -0.4 is 5.32 Å². The van der Waals surface area contributed by atoms with E-state index in [9.17, 15) is 14.9 Å². The first kappa shape index (κ1) is 13.9. The second-order valence-corrected chi connectivity index (χ2v) is 4.71. The minimum atomic E-state index is -1.23. The van der Waals surface area contributed by atoms with Crippen molar-refractivity contribution in [2.75, 3.05) is 11.9 Å². The summed E-state index contributed by atoms with van der Waals surface area (Å²) in [6.45, 7) is 0.379. The van der Waals surface area contributed by atoms with Crippen LogP contribution >= 0.6 is 11.3 Å². The number of anilines is 1. The zero-order chi connectivity index (χ0) is 14.5. The summed E-state index contributed by atoms with van der Waals surface area (Å²) >= 11 is 1.48. The van der Waals surface area contributed by atoms with Crippen LogP contribution in [0, 0.1) is 10.1 Å². The number of nitro groups is 1. The second kappa shape index (κ2) is 6.06. The van der Waals surface area contributed by atoms with E-state index in [2.05, 4.69) is 15.3 Å². The van der Waals surface area contributed by atoms with Crippen LogP contribution in [0.15, 0.2) is 23.7 Å². The first-order valence-corrected chi connectivity index (χ1v) is 6.47. The predicted octanol–water partition coefficient (Wildman–Crippen LogP) is 1.80. The van der Waals surface area contributed by atoms with Gasteiger partial charge in [-0.2, -0.15) is 0 Å². The molecule has 0 bridgehead atoms. The molecule has 104 valence electrons. The topological polar surface area (TPSA) is 118 Å². The van der Waals surface area contributed by atoms with E-state index in [1.54, 1.807) is 6.20 Å². The highest BCUT2D eigenvalue weighted by atomic mass is 32.1. The van der Waals surface area contributed by atoms with E-state index in [4.69, 9.17) is 5.11 Å². The Kier molecular flexibility index (Phi) is 4.20. The quantitative estimate of drug-likeness (QED) is 0.616. The van der Waals surface area contributed by atoms with Gasteiger partial charge < -0.3 is 10.4 Å². The predicted molar refractivity (Wildman–Crippen MR) is 72.2 cm³/mol. The van der Waals surface area contributed by atoms with Crippen molar-refractivity contribution in [3.05, 3.63) is 44.5 Å². The first-order valence-electron chi connectivity index (χ1n) is 5.59. The SMILES string of the molecule is O=C(O)c1ccc([N+](=O)[O-])c(NCCc2nccs2)n1. The molecule has 0 aliphatic heterocycles. The summed E-state index contributed by atoms with van der Waals surface area (Å²) in [7, 11) is 0. The van der Waals surface area contributed by atoms with Crippen LogP contribution in [-0.2, 0) is 6.42 Å². The van der Waals surface area contributed by atoms with Gasteiger partial charge in [-0.15, -0.1) is 11.3 Å². The number of hydrogen-bond donors (Lipinski definition) is 2. The molecule has 0 saturated heterocycles. The Bertz CT molecular complexity index is 629. The minimum Gasteiger partial charge on any atom is -0.477 e. The molecule has 2 heterocycles. The van der Waals surface area contributed by atoms with E-state index in [-0.39, 0.29) is 17.2 Å². The van der Waals surface area contributed by atoms with E-state index in [1.165, 1.54) is 11.3 Å². The molecule has 0 amide bonds. The summed E-state index contributed by atoms with van der Waals surface area (Å²) in [5.74, 6) is -1.28. The molecule has 20 heavy (non-hydrogen) atoms. The molecular formula is C11H10N4O4S. The van der Waals surface area contributed by atoms with Gasteiger partial charge in [-0.1, -0.05) is 0 Å². The van der Waals surface area contributed by atoms with Gasteiger partial charge in [-0.25, -0.2) is 14.8 Å². The van der Waals surface area contributed by atoms with Crippen LogP contribution in [0.25, 0.3) is 0 Å². The molecule has 0 spiro atoms. The summed E-state index contributed by atoms with van der Waals surface area (Å²) in [4.78, 5) is 28.9. The summed E-state index contributed by atoms with van der Waals surface area (Å²) in [6, 6.07) is 2.23. The van der Waals surface area contributed by atoms with Gasteiger partial charge in [0.1, 0.15) is 0 Å². The van der Waals surface area contributed by atoms with Crippen molar-refractivity contribution in [1.29, 1.82) is 0 Å². The molecule has 2 rings (SSSR count). The summed E-state index contributed by atoms with van der Waals surface area (Å²) in [5.41, 5.74) is -0.499. The highest BCUT2D eigenvalue weighted by Gasteiger charge is 2.18. The normalized spacial score (nSPS) is 10.2. The summed E-state index contributed by atoms with van der Waals surface area (Å²) in [6.07, 6.45) is 2.25. The molecule has 0 fully saturated rings. The molecule has 2 aromatic heterocycles. The maximum Gasteiger partial charge on any atom is 0.354 e. The van der Waals surface area contributed by atoms with Gasteiger partial charge >= 0.3 is 11.7 Å². The fourth-order valence-electron chi connectivity index (χ4n) is 1.51. The molecule has 0 atom stereocenters. The lowest BCUT2D eigenvalue weighted by Crippen LogP contribution is -2.11. The monoisotopic (exact) mass is 294 g/mol. The van der Waals surface area contributed by atoms with Crippen LogP contribution in [0.2, 0.25) is 0 Å². The molecule has 0 saturated carbocycles. The number of hydrogen-bond acceptors (Lipinski definition) is 7. The maximum atomic E-state index is 10.9. The van der Waals surface area contributed by atoms with Crippen LogP contribution in [0.1, 0.15) is 15.5 Å². The molecule has 0 radical (unpaired) electrons. The smallest absolute Gasteiger partial charge is 0.354 e. The van der Waals surface area contributed by atoms with E-state index in [1.807, 2.05) is 5.38 Å². The average molecular weight is 294 g/mol. The van der Waals surface area contributed by atoms with Crippen LogP contribution in [-0.4, -0.2) is 32.5 Å². The summed E-state index contributed by atoms with van der Waals surface area (Å²) < 4.78 is 0. The van der Waals surface area contributed by atoms with Crippen molar-refractivity contribution in [1.82, 2.24) is 9.97 Å². The largest absolute Gasteiger partial charge is 0.477 e. The summed E-state index contributed by atoms with van der Waals surface area (Å²) in [5, 5.41) is 25.2. The fourth-order valence-corrected chi connectivity index (χ4v) is 2.13. The fraction of sp³-hybridized carbons (Fsp3) is 0.182. The number of thiazole rings is 1. The number of aromatic nitrogens is 2. The number of carboxylic acid groups (broad SMARTS) is 1. The van der Waals surface area contributed by atoms with Gasteiger partial charge in [0.2, 0.25) is 5.82 Å². The zero-order valence-electron chi connectivity index (χ0n) is 10.1. The van der Waals surface area contributed by atoms with Gasteiger partial charge in [0.15, 0.2) is 5.69 Å². The Morgan fingerprint density at radius 3 is 2.90 bits per heavy atom. The Morgan fingerprint density at radius 2 is 2.30 bits per heavy atom. The minimum absolute atomic E-state index is 0.0496. The second-order valence-electron chi connectivity index (χ2n) is 3.73. The number of rotatable bonds is 6. The highest BCUT2D eigenvalue weighted by Crippen LogP contribution is 2.22. The molecule has 0 aromatic carbocycles. The molecule has 9 heteroatoms. The average Bonchev–Trinajstić information content (AvgIpc) is 2.91. The van der Waals surface area contributed by atoms with Crippen LogP contribution in [0.3, 0.4) is 0 Å². The third-order valence-corrected chi connectivity index (χ3v) is 3.24. The van der Waals surface area contributed by atoms with E-state index < -0.39 is 10.9 Å². The third-order valence-electron chi connectivity index (χ3n) is 2.40. The van der Waals surface area contributed by atoms with Gasteiger partial charge in [0, 0.05) is 30.6 Å². The Labute approximate surface area is 117 Å². The molecule has 0 aliphatic carbocycles. The van der Waals surface area contributed by atoms with Crippen molar-refractivity contribution in [2.45, 2.75) is 6.42 Å². The highest BCUT2D eigenvalue weighted by molar-refractivity contribution is 7.09. The zero-order valence-corrected chi connectivity index (χ0v) is 11.0. The third kappa shape index (κ3) is 3.26. The molecule has 0 unspecified atom stereocenters. The van der Waals surface area contributed by atoms with Gasteiger partial charge in [-0.05, 0) is 6.07 Å². The Morgan fingerprint density at radius 1 is 1.50 bits per heavy atom. The number of nitrogens with zero attached hydrogens (tertiary/aromatic N) is 3. The standard InChI is InChI=1S/C11H10N4O4S/c16-11(17)7-1-2-8(15(18)19)10(14-7)13-4-3-9-12-5-6-20-9/h1-2,5-6H,3-4H2,(H,13,14)(H,16,17). The lowest BCUT2D eigenvalue weighted by Gasteiger charge is -2.06. The van der Waals surface area contributed by atoms with Crippen LogP contribution in [0.5, 0.6) is 0 Å². The number of pyridine rings is 1. The van der Waals surface area contributed by atoms with Gasteiger partial charge in [0.05, 0.1) is 9.93 Å². The number of nitrogens with one attached hydrogen (secondary N) is 1. The van der Waals surface area contributed by atoms with Gasteiger partial charge in [0.25, 0.3) is 0 Å². The van der Waals surface area contributed by atoms with E-state index in [0.717, 1.165) is 17.1 Å². The van der Waals surface area contributed by atoms with Crippen molar-refractivity contribution < 1.29 is 14.8 Å². The molecule has 2 N–H and O–H groups in total.